The first-order valence-corrected chi connectivity index (χ1v) is 6.61. The highest BCUT2D eigenvalue weighted by Crippen LogP contribution is 2.20. The normalized spacial score (nSPS) is 14.0. The highest BCUT2D eigenvalue weighted by atomic mass is 16.5. The summed E-state index contributed by atoms with van der Waals surface area (Å²) in [4.78, 5) is 0. The van der Waals surface area contributed by atoms with Gasteiger partial charge < -0.3 is 15.6 Å². The van der Waals surface area contributed by atoms with Crippen LogP contribution in [0.15, 0.2) is 30.5 Å². The van der Waals surface area contributed by atoms with E-state index >= 15 is 0 Å². The van der Waals surface area contributed by atoms with Crippen molar-refractivity contribution in [3.05, 3.63) is 41.7 Å². The Balaban J connectivity index is 2.07. The summed E-state index contributed by atoms with van der Waals surface area (Å²) in [7, 11) is 1.60. The Morgan fingerprint density at radius 1 is 1.45 bits per heavy atom. The number of ether oxygens (including phenoxy) is 1. The number of rotatable bonds is 6. The second-order valence-electron chi connectivity index (χ2n) is 4.67. The van der Waals surface area contributed by atoms with Crippen LogP contribution in [-0.4, -0.2) is 27.2 Å². The Bertz CT molecular complexity index is 556. The maximum atomic E-state index is 10.2. The number of aromatic nitrogens is 3. The van der Waals surface area contributed by atoms with Crippen molar-refractivity contribution >= 4 is 0 Å². The predicted molar refractivity (Wildman–Crippen MR) is 75.2 cm³/mol. The zero-order valence-electron chi connectivity index (χ0n) is 11.7. The maximum Gasteiger partial charge on any atom is 0.119 e. The van der Waals surface area contributed by atoms with Gasteiger partial charge in [-0.2, -0.15) is 0 Å². The van der Waals surface area contributed by atoms with Crippen molar-refractivity contribution < 1.29 is 9.84 Å². The molecule has 0 spiro atoms. The molecule has 1 aromatic heterocycles. The molecule has 0 saturated heterocycles. The Hall–Kier alpha value is -1.92. The van der Waals surface area contributed by atoms with Crippen molar-refractivity contribution in [2.24, 2.45) is 5.73 Å². The number of nitrogens with two attached hydrogens (primary N) is 1. The predicted octanol–water partition coefficient (Wildman–Crippen LogP) is 1.43. The van der Waals surface area contributed by atoms with Gasteiger partial charge in [-0.25, -0.2) is 4.68 Å². The fourth-order valence-electron chi connectivity index (χ4n) is 1.91. The minimum Gasteiger partial charge on any atom is -0.497 e. The smallest absolute Gasteiger partial charge is 0.119 e. The molecule has 0 fully saturated rings. The summed E-state index contributed by atoms with van der Waals surface area (Å²) < 4.78 is 6.75. The molecule has 0 saturated carbocycles. The third-order valence-corrected chi connectivity index (χ3v) is 3.21. The highest BCUT2D eigenvalue weighted by Gasteiger charge is 2.13. The third-order valence-electron chi connectivity index (χ3n) is 3.21. The van der Waals surface area contributed by atoms with Gasteiger partial charge in [-0.3, -0.25) is 0 Å². The molecule has 1 aromatic carbocycles. The minimum atomic E-state index is -0.669. The van der Waals surface area contributed by atoms with Crippen LogP contribution in [0.2, 0.25) is 0 Å². The van der Waals surface area contributed by atoms with E-state index in [1.165, 1.54) is 0 Å². The average molecular weight is 276 g/mol. The number of aliphatic hydroxyl groups excluding tert-OH is 1. The monoisotopic (exact) mass is 276 g/mol. The number of aliphatic hydroxyl groups is 1. The lowest BCUT2D eigenvalue weighted by atomic mass is 10.1. The van der Waals surface area contributed by atoms with E-state index in [0.29, 0.717) is 12.3 Å². The zero-order chi connectivity index (χ0) is 14.5. The van der Waals surface area contributed by atoms with Crippen LogP contribution in [0.25, 0.3) is 0 Å². The molecule has 108 valence electrons. The molecular weight excluding hydrogens is 256 g/mol. The van der Waals surface area contributed by atoms with E-state index in [1.54, 1.807) is 24.1 Å². The van der Waals surface area contributed by atoms with Gasteiger partial charge in [0.1, 0.15) is 5.75 Å². The lowest BCUT2D eigenvalue weighted by molar-refractivity contribution is 0.150. The van der Waals surface area contributed by atoms with Crippen LogP contribution in [0.1, 0.15) is 36.7 Å². The van der Waals surface area contributed by atoms with Gasteiger partial charge in [0.25, 0.3) is 0 Å². The van der Waals surface area contributed by atoms with Gasteiger partial charge in [-0.15, -0.1) is 5.10 Å². The molecule has 3 N–H and O–H groups in total. The van der Waals surface area contributed by atoms with E-state index < -0.39 is 6.10 Å². The third kappa shape index (κ3) is 3.34. The maximum absolute atomic E-state index is 10.2. The van der Waals surface area contributed by atoms with Crippen molar-refractivity contribution in [2.45, 2.75) is 32.0 Å². The SMILES string of the molecule is CCC(N)c1cn(CC(O)c2cccc(OC)c2)nn1. The Morgan fingerprint density at radius 2 is 2.25 bits per heavy atom. The van der Waals surface area contributed by atoms with Gasteiger partial charge in [-0.1, -0.05) is 24.3 Å². The topological polar surface area (TPSA) is 86.2 Å². The molecule has 2 aromatic rings. The average Bonchev–Trinajstić information content (AvgIpc) is 2.95. The quantitative estimate of drug-likeness (QED) is 0.833. The summed E-state index contributed by atoms with van der Waals surface area (Å²) in [6.45, 7) is 2.32. The van der Waals surface area contributed by atoms with Crippen LogP contribution in [0.4, 0.5) is 0 Å². The Labute approximate surface area is 118 Å². The molecule has 2 atom stereocenters. The number of hydrogen-bond donors (Lipinski definition) is 2. The van der Waals surface area contributed by atoms with Gasteiger partial charge in [0, 0.05) is 0 Å². The summed E-state index contributed by atoms with van der Waals surface area (Å²) in [6, 6.07) is 7.22. The van der Waals surface area contributed by atoms with Crippen molar-refractivity contribution in [2.75, 3.05) is 7.11 Å². The molecule has 1 heterocycles. The van der Waals surface area contributed by atoms with Gasteiger partial charge in [0.2, 0.25) is 0 Å². The number of nitrogens with zero attached hydrogens (tertiary/aromatic N) is 3. The molecule has 6 heteroatoms. The van der Waals surface area contributed by atoms with Crippen LogP contribution >= 0.6 is 0 Å². The van der Waals surface area contributed by atoms with Gasteiger partial charge in [0.15, 0.2) is 0 Å². The van der Waals surface area contributed by atoms with E-state index in [0.717, 1.165) is 17.7 Å². The zero-order valence-corrected chi connectivity index (χ0v) is 11.7. The lowest BCUT2D eigenvalue weighted by Crippen LogP contribution is -2.10. The van der Waals surface area contributed by atoms with Crippen LogP contribution in [0.5, 0.6) is 5.75 Å². The van der Waals surface area contributed by atoms with Crippen LogP contribution in [0.3, 0.4) is 0 Å². The molecule has 6 nitrogen and oxygen atoms in total. The van der Waals surface area contributed by atoms with E-state index in [2.05, 4.69) is 10.3 Å². The fraction of sp³-hybridized carbons (Fsp3) is 0.429. The summed E-state index contributed by atoms with van der Waals surface area (Å²) in [5, 5.41) is 18.2. The lowest BCUT2D eigenvalue weighted by Gasteiger charge is -2.11. The molecule has 0 aliphatic rings. The first-order valence-electron chi connectivity index (χ1n) is 6.61. The number of hydrogen-bond acceptors (Lipinski definition) is 5. The first-order chi connectivity index (χ1) is 9.63. The van der Waals surface area contributed by atoms with Crippen LogP contribution in [-0.2, 0) is 6.54 Å². The summed E-state index contributed by atoms with van der Waals surface area (Å²) >= 11 is 0. The molecular formula is C14H20N4O2. The van der Waals surface area contributed by atoms with E-state index in [1.807, 2.05) is 25.1 Å². The van der Waals surface area contributed by atoms with Crippen molar-refractivity contribution in [3.8, 4) is 5.75 Å². The molecule has 2 unspecified atom stereocenters. The standard InChI is InChI=1S/C14H20N4O2/c1-3-12(15)13-8-18(17-16-13)9-14(19)10-5-4-6-11(7-10)20-2/h4-8,12,14,19H,3,9,15H2,1-2H3. The van der Waals surface area contributed by atoms with Crippen molar-refractivity contribution in [1.29, 1.82) is 0 Å². The molecule has 0 aliphatic carbocycles. The molecule has 0 amide bonds. The largest absolute Gasteiger partial charge is 0.497 e. The minimum absolute atomic E-state index is 0.113. The van der Waals surface area contributed by atoms with Gasteiger partial charge >= 0.3 is 0 Å². The summed E-state index contributed by atoms with van der Waals surface area (Å²) in [5.74, 6) is 0.717. The molecule has 0 aliphatic heterocycles. The van der Waals surface area contributed by atoms with Gasteiger partial charge in [-0.05, 0) is 24.1 Å². The molecule has 2 rings (SSSR count). The second kappa shape index (κ2) is 6.49. The Morgan fingerprint density at radius 3 is 2.95 bits per heavy atom. The van der Waals surface area contributed by atoms with Crippen LogP contribution < -0.4 is 10.5 Å². The van der Waals surface area contributed by atoms with Crippen LogP contribution in [0, 0.1) is 0 Å². The van der Waals surface area contributed by atoms with Crippen molar-refractivity contribution in [3.63, 3.8) is 0 Å². The van der Waals surface area contributed by atoms with E-state index in [-0.39, 0.29) is 6.04 Å². The number of methoxy groups -OCH3 is 1. The molecule has 0 bridgehead atoms. The Kier molecular flexibility index (Phi) is 4.70. The number of benzene rings is 1. The summed E-state index contributed by atoms with van der Waals surface area (Å²) in [6.07, 6.45) is 1.91. The fourth-order valence-corrected chi connectivity index (χ4v) is 1.91. The first kappa shape index (κ1) is 14.5. The second-order valence-corrected chi connectivity index (χ2v) is 4.67. The van der Waals surface area contributed by atoms with E-state index in [4.69, 9.17) is 10.5 Å². The van der Waals surface area contributed by atoms with E-state index in [9.17, 15) is 5.11 Å². The highest BCUT2D eigenvalue weighted by molar-refractivity contribution is 5.29. The molecule has 0 radical (unpaired) electrons. The molecule has 20 heavy (non-hydrogen) atoms. The summed E-state index contributed by atoms with van der Waals surface area (Å²) in [5.41, 5.74) is 7.41. The van der Waals surface area contributed by atoms with Gasteiger partial charge in [0.05, 0.1) is 37.7 Å². The van der Waals surface area contributed by atoms with Crippen molar-refractivity contribution in [1.82, 2.24) is 15.0 Å².